The van der Waals surface area contributed by atoms with Crippen LogP contribution in [0.15, 0.2) is 59.6 Å². The molecule has 8 heteroatoms. The number of nitrogens with one attached hydrogen (secondary N) is 2. The van der Waals surface area contributed by atoms with Gasteiger partial charge in [0.2, 0.25) is 11.8 Å². The normalized spacial score (nSPS) is 16.3. The molecule has 0 unspecified atom stereocenters. The number of rotatable bonds is 5. The molecule has 5 rings (SSSR count). The lowest BCUT2D eigenvalue weighted by molar-refractivity contribution is -0.121. The molecule has 3 aromatic rings. The number of amides is 3. The van der Waals surface area contributed by atoms with E-state index in [1.54, 1.807) is 19.1 Å². The molecule has 0 saturated heterocycles. The Morgan fingerprint density at radius 3 is 2.72 bits per heavy atom. The van der Waals surface area contributed by atoms with Gasteiger partial charge in [-0.05, 0) is 44.0 Å². The number of hydrogen-bond acceptors (Lipinski definition) is 5. The maximum atomic E-state index is 13.3. The summed E-state index contributed by atoms with van der Waals surface area (Å²) in [6.45, 7) is 1.77. The van der Waals surface area contributed by atoms with Crippen molar-refractivity contribution in [1.82, 2.24) is 10.3 Å². The van der Waals surface area contributed by atoms with E-state index in [1.807, 2.05) is 42.5 Å². The summed E-state index contributed by atoms with van der Waals surface area (Å²) >= 11 is 1.29. The minimum atomic E-state index is -0.498. The number of pyridine rings is 1. The van der Waals surface area contributed by atoms with Gasteiger partial charge in [-0.15, -0.1) is 0 Å². The van der Waals surface area contributed by atoms with Gasteiger partial charge in [0, 0.05) is 11.4 Å². The third-order valence-electron chi connectivity index (χ3n) is 5.53. The lowest BCUT2D eigenvalue weighted by atomic mass is 10.1. The Balaban J connectivity index is 1.42. The van der Waals surface area contributed by atoms with Crippen molar-refractivity contribution in [3.05, 3.63) is 60.2 Å². The van der Waals surface area contributed by atoms with E-state index in [2.05, 4.69) is 15.6 Å². The molecular formula is C24H22N4O3S. The second-order valence-corrected chi connectivity index (χ2v) is 9.38. The summed E-state index contributed by atoms with van der Waals surface area (Å²) in [6.07, 6.45) is 2.01. The molecule has 0 radical (unpaired) electrons. The summed E-state index contributed by atoms with van der Waals surface area (Å²) in [4.78, 5) is 44.4. The zero-order valence-electron chi connectivity index (χ0n) is 17.5. The fourth-order valence-corrected chi connectivity index (χ4v) is 4.70. The van der Waals surface area contributed by atoms with Crippen LogP contribution in [-0.4, -0.2) is 40.5 Å². The number of anilines is 2. The molecule has 2 aliphatic rings. The van der Waals surface area contributed by atoms with Crippen LogP contribution in [0.3, 0.4) is 0 Å². The van der Waals surface area contributed by atoms with Crippen molar-refractivity contribution in [2.24, 2.45) is 0 Å². The SMILES string of the molecule is C[C@H](Sc1cc(C(=O)NC2CC2)c2ccccc2n1)C(=O)N1CC(=O)Nc2ccccc21. The van der Waals surface area contributed by atoms with Crippen molar-refractivity contribution in [3.8, 4) is 0 Å². The number of fused-ring (bicyclic) bond motifs is 2. The first kappa shape index (κ1) is 20.5. The fraction of sp³-hybridized carbons (Fsp3) is 0.250. The summed E-state index contributed by atoms with van der Waals surface area (Å²) in [6, 6.07) is 16.8. The van der Waals surface area contributed by atoms with E-state index >= 15 is 0 Å². The number of hydrogen-bond donors (Lipinski definition) is 2. The van der Waals surface area contributed by atoms with Crippen LogP contribution >= 0.6 is 11.8 Å². The highest BCUT2D eigenvalue weighted by atomic mass is 32.2. The molecule has 2 heterocycles. The van der Waals surface area contributed by atoms with Gasteiger partial charge in [0.25, 0.3) is 5.91 Å². The predicted octanol–water partition coefficient (Wildman–Crippen LogP) is 3.59. The largest absolute Gasteiger partial charge is 0.349 e. The topological polar surface area (TPSA) is 91.4 Å². The Morgan fingerprint density at radius 1 is 1.16 bits per heavy atom. The molecule has 1 atom stereocenters. The molecule has 162 valence electrons. The Labute approximate surface area is 189 Å². The zero-order chi connectivity index (χ0) is 22.2. The van der Waals surface area contributed by atoms with Crippen molar-refractivity contribution in [3.63, 3.8) is 0 Å². The van der Waals surface area contributed by atoms with E-state index in [0.29, 0.717) is 27.5 Å². The molecule has 1 fully saturated rings. The van der Waals surface area contributed by atoms with Gasteiger partial charge >= 0.3 is 0 Å². The maximum Gasteiger partial charge on any atom is 0.252 e. The number of para-hydroxylation sites is 3. The highest BCUT2D eigenvalue weighted by molar-refractivity contribution is 8.00. The number of nitrogens with zero attached hydrogens (tertiary/aromatic N) is 2. The molecule has 1 aliphatic heterocycles. The molecule has 1 aliphatic carbocycles. The fourth-order valence-electron chi connectivity index (χ4n) is 3.77. The molecule has 0 bridgehead atoms. The lowest BCUT2D eigenvalue weighted by Crippen LogP contribution is -2.45. The van der Waals surface area contributed by atoms with Gasteiger partial charge in [-0.2, -0.15) is 0 Å². The van der Waals surface area contributed by atoms with Gasteiger partial charge < -0.3 is 10.6 Å². The Kier molecular flexibility index (Phi) is 5.30. The second kappa shape index (κ2) is 8.27. The number of benzene rings is 2. The molecule has 32 heavy (non-hydrogen) atoms. The van der Waals surface area contributed by atoms with Gasteiger partial charge in [0.05, 0.1) is 32.7 Å². The highest BCUT2D eigenvalue weighted by Crippen LogP contribution is 2.33. The number of thioether (sulfide) groups is 1. The molecule has 3 amide bonds. The van der Waals surface area contributed by atoms with Crippen molar-refractivity contribution in [2.45, 2.75) is 36.1 Å². The van der Waals surface area contributed by atoms with E-state index in [9.17, 15) is 14.4 Å². The standard InChI is InChI=1S/C24H22N4O3S/c1-14(24(31)28-13-21(29)26-19-8-4-5-9-20(19)28)32-22-12-17(23(30)25-15-10-11-15)16-6-2-3-7-18(16)27-22/h2-9,12,14-15H,10-11,13H2,1H3,(H,25,30)(H,26,29)/t14-/m0/s1. The Hall–Kier alpha value is -3.39. The van der Waals surface area contributed by atoms with E-state index in [1.165, 1.54) is 16.7 Å². The third-order valence-corrected chi connectivity index (χ3v) is 6.54. The molecular weight excluding hydrogens is 424 g/mol. The molecule has 1 aromatic heterocycles. The van der Waals surface area contributed by atoms with E-state index < -0.39 is 5.25 Å². The van der Waals surface area contributed by atoms with Gasteiger partial charge in [-0.25, -0.2) is 4.98 Å². The minimum Gasteiger partial charge on any atom is -0.349 e. The summed E-state index contributed by atoms with van der Waals surface area (Å²) in [5, 5.41) is 6.72. The average molecular weight is 447 g/mol. The molecule has 2 aromatic carbocycles. The predicted molar refractivity (Wildman–Crippen MR) is 125 cm³/mol. The lowest BCUT2D eigenvalue weighted by Gasteiger charge is -2.30. The van der Waals surface area contributed by atoms with Crippen molar-refractivity contribution < 1.29 is 14.4 Å². The van der Waals surface area contributed by atoms with Crippen LogP contribution in [0.1, 0.15) is 30.1 Å². The number of carbonyl (C=O) groups is 3. The quantitative estimate of drug-likeness (QED) is 0.585. The molecule has 1 saturated carbocycles. The molecule has 2 N–H and O–H groups in total. The van der Waals surface area contributed by atoms with Crippen LogP contribution in [0.25, 0.3) is 10.9 Å². The van der Waals surface area contributed by atoms with Crippen molar-refractivity contribution in [1.29, 1.82) is 0 Å². The van der Waals surface area contributed by atoms with E-state index in [4.69, 9.17) is 0 Å². The first-order valence-corrected chi connectivity index (χ1v) is 11.4. The molecule has 7 nitrogen and oxygen atoms in total. The Morgan fingerprint density at radius 2 is 1.91 bits per heavy atom. The maximum absolute atomic E-state index is 13.3. The number of aromatic nitrogens is 1. The van der Waals surface area contributed by atoms with Crippen LogP contribution in [0.2, 0.25) is 0 Å². The highest BCUT2D eigenvalue weighted by Gasteiger charge is 2.31. The van der Waals surface area contributed by atoms with Crippen molar-refractivity contribution in [2.75, 3.05) is 16.8 Å². The monoisotopic (exact) mass is 446 g/mol. The van der Waals surface area contributed by atoms with Gasteiger partial charge in [0.1, 0.15) is 6.54 Å². The Bertz CT molecular complexity index is 1240. The summed E-state index contributed by atoms with van der Waals surface area (Å²) in [5.74, 6) is -0.526. The van der Waals surface area contributed by atoms with Crippen LogP contribution < -0.4 is 15.5 Å². The first-order chi connectivity index (χ1) is 15.5. The second-order valence-electron chi connectivity index (χ2n) is 8.02. The van der Waals surface area contributed by atoms with Gasteiger partial charge in [0.15, 0.2) is 0 Å². The van der Waals surface area contributed by atoms with Crippen LogP contribution in [-0.2, 0) is 9.59 Å². The summed E-state index contributed by atoms with van der Waals surface area (Å²) in [7, 11) is 0. The smallest absolute Gasteiger partial charge is 0.252 e. The summed E-state index contributed by atoms with van der Waals surface area (Å²) < 4.78 is 0. The number of carbonyl (C=O) groups excluding carboxylic acids is 3. The van der Waals surface area contributed by atoms with E-state index in [-0.39, 0.29) is 30.3 Å². The minimum absolute atomic E-state index is 0.0268. The van der Waals surface area contributed by atoms with E-state index in [0.717, 1.165) is 18.2 Å². The van der Waals surface area contributed by atoms with Gasteiger partial charge in [-0.3, -0.25) is 19.3 Å². The zero-order valence-corrected chi connectivity index (χ0v) is 18.3. The summed E-state index contributed by atoms with van der Waals surface area (Å²) in [5.41, 5.74) is 2.57. The van der Waals surface area contributed by atoms with Gasteiger partial charge in [-0.1, -0.05) is 42.1 Å². The third kappa shape index (κ3) is 4.05. The van der Waals surface area contributed by atoms with Crippen LogP contribution in [0.5, 0.6) is 0 Å². The van der Waals surface area contributed by atoms with Crippen LogP contribution in [0, 0.1) is 0 Å². The average Bonchev–Trinajstić information content (AvgIpc) is 3.61. The first-order valence-electron chi connectivity index (χ1n) is 10.6. The molecule has 0 spiro atoms. The van der Waals surface area contributed by atoms with Crippen molar-refractivity contribution >= 4 is 51.8 Å². The van der Waals surface area contributed by atoms with Crippen LogP contribution in [0.4, 0.5) is 11.4 Å².